The molecule has 0 saturated heterocycles. The Labute approximate surface area is 120 Å². The molecule has 3 aromatic rings. The molecular weight excluding hydrogens is 276 g/mol. The zero-order chi connectivity index (χ0) is 14.1. The van der Waals surface area contributed by atoms with Crippen LogP contribution in [0.2, 0.25) is 5.02 Å². The van der Waals surface area contributed by atoms with Crippen molar-refractivity contribution < 1.29 is 0 Å². The standard InChI is InChI=1S/C13H13ClN6/c1-3-20-13-11(18-19-20)12(15-7-16-13)17-9-5-4-8(2)10(14)6-9/h4-7H,3H2,1-2H3,(H,15,16,17). The van der Waals surface area contributed by atoms with E-state index >= 15 is 0 Å². The number of hydrogen-bond donors (Lipinski definition) is 1. The minimum absolute atomic E-state index is 0.620. The number of halogens is 1. The third-order valence-electron chi connectivity index (χ3n) is 3.03. The van der Waals surface area contributed by atoms with Crippen molar-refractivity contribution in [3.8, 4) is 0 Å². The van der Waals surface area contributed by atoms with Gasteiger partial charge in [0.1, 0.15) is 6.33 Å². The van der Waals surface area contributed by atoms with Crippen LogP contribution in [0.25, 0.3) is 11.2 Å². The second kappa shape index (κ2) is 5.05. The molecule has 20 heavy (non-hydrogen) atoms. The first-order valence-electron chi connectivity index (χ1n) is 6.26. The summed E-state index contributed by atoms with van der Waals surface area (Å²) in [5.41, 5.74) is 3.24. The monoisotopic (exact) mass is 288 g/mol. The normalized spacial score (nSPS) is 10.9. The fourth-order valence-electron chi connectivity index (χ4n) is 1.90. The number of rotatable bonds is 3. The van der Waals surface area contributed by atoms with Gasteiger partial charge >= 0.3 is 0 Å². The summed E-state index contributed by atoms with van der Waals surface area (Å²) in [5.74, 6) is 0.620. The van der Waals surface area contributed by atoms with Gasteiger partial charge in [0.05, 0.1) is 0 Å². The lowest BCUT2D eigenvalue weighted by molar-refractivity contribution is 0.641. The van der Waals surface area contributed by atoms with Crippen LogP contribution in [0.5, 0.6) is 0 Å². The van der Waals surface area contributed by atoms with E-state index in [0.29, 0.717) is 28.5 Å². The van der Waals surface area contributed by atoms with Crippen molar-refractivity contribution in [3.05, 3.63) is 35.1 Å². The van der Waals surface area contributed by atoms with Crippen LogP contribution in [0.4, 0.5) is 11.5 Å². The first-order valence-corrected chi connectivity index (χ1v) is 6.64. The molecule has 7 heteroatoms. The average molecular weight is 289 g/mol. The number of nitrogens with zero attached hydrogens (tertiary/aromatic N) is 5. The van der Waals surface area contributed by atoms with Gasteiger partial charge in [0.25, 0.3) is 0 Å². The second-order valence-corrected chi connectivity index (χ2v) is 4.80. The van der Waals surface area contributed by atoms with Gasteiger partial charge in [-0.1, -0.05) is 22.9 Å². The molecule has 102 valence electrons. The first-order chi connectivity index (χ1) is 9.69. The molecule has 3 rings (SSSR count). The lowest BCUT2D eigenvalue weighted by Gasteiger charge is -2.07. The van der Waals surface area contributed by atoms with Gasteiger partial charge in [-0.2, -0.15) is 0 Å². The number of aryl methyl sites for hydroxylation is 2. The maximum Gasteiger partial charge on any atom is 0.183 e. The van der Waals surface area contributed by atoms with Crippen molar-refractivity contribution in [2.24, 2.45) is 0 Å². The highest BCUT2D eigenvalue weighted by atomic mass is 35.5. The van der Waals surface area contributed by atoms with Crippen LogP contribution in [-0.4, -0.2) is 25.0 Å². The summed E-state index contributed by atoms with van der Waals surface area (Å²) in [6.45, 7) is 4.66. The van der Waals surface area contributed by atoms with Crippen LogP contribution in [0.1, 0.15) is 12.5 Å². The molecule has 0 spiro atoms. The van der Waals surface area contributed by atoms with Gasteiger partial charge in [-0.05, 0) is 31.5 Å². The van der Waals surface area contributed by atoms with Crippen LogP contribution in [0.3, 0.4) is 0 Å². The molecule has 0 fully saturated rings. The molecule has 6 nitrogen and oxygen atoms in total. The molecule has 2 aromatic heterocycles. The molecule has 0 radical (unpaired) electrons. The van der Waals surface area contributed by atoms with E-state index in [0.717, 1.165) is 11.3 Å². The SMILES string of the molecule is CCn1nnc2c(Nc3ccc(C)c(Cl)c3)ncnc21. The molecule has 0 bridgehead atoms. The fraction of sp³-hybridized carbons (Fsp3) is 0.231. The second-order valence-electron chi connectivity index (χ2n) is 4.39. The Morgan fingerprint density at radius 3 is 2.90 bits per heavy atom. The van der Waals surface area contributed by atoms with Gasteiger partial charge in [0, 0.05) is 17.3 Å². The van der Waals surface area contributed by atoms with Gasteiger partial charge in [-0.3, -0.25) is 0 Å². The lowest BCUT2D eigenvalue weighted by atomic mass is 10.2. The minimum atomic E-state index is 0.620. The van der Waals surface area contributed by atoms with E-state index in [1.165, 1.54) is 6.33 Å². The van der Waals surface area contributed by atoms with Crippen LogP contribution in [0, 0.1) is 6.92 Å². The molecular formula is C13H13ClN6. The molecule has 0 aliphatic rings. The molecule has 0 atom stereocenters. The van der Waals surface area contributed by atoms with Crippen LogP contribution >= 0.6 is 11.6 Å². The number of aromatic nitrogens is 5. The lowest BCUT2D eigenvalue weighted by Crippen LogP contribution is -1.99. The highest BCUT2D eigenvalue weighted by molar-refractivity contribution is 6.31. The Kier molecular flexibility index (Phi) is 3.23. The maximum atomic E-state index is 6.12. The Bertz CT molecular complexity index is 767. The van der Waals surface area contributed by atoms with Crippen LogP contribution < -0.4 is 5.32 Å². The van der Waals surface area contributed by atoms with E-state index in [-0.39, 0.29) is 0 Å². The van der Waals surface area contributed by atoms with Crippen LogP contribution in [0.15, 0.2) is 24.5 Å². The van der Waals surface area contributed by atoms with Gasteiger partial charge < -0.3 is 5.32 Å². The van der Waals surface area contributed by atoms with E-state index in [4.69, 9.17) is 11.6 Å². The van der Waals surface area contributed by atoms with E-state index in [1.54, 1.807) is 4.68 Å². The Morgan fingerprint density at radius 2 is 2.15 bits per heavy atom. The topological polar surface area (TPSA) is 68.5 Å². The van der Waals surface area contributed by atoms with E-state index in [1.807, 2.05) is 32.0 Å². The molecule has 1 N–H and O–H groups in total. The van der Waals surface area contributed by atoms with Gasteiger partial charge in [-0.25, -0.2) is 14.6 Å². The Balaban J connectivity index is 2.02. The van der Waals surface area contributed by atoms with Gasteiger partial charge in [0.15, 0.2) is 17.0 Å². The first kappa shape index (κ1) is 12.8. The van der Waals surface area contributed by atoms with Gasteiger partial charge in [-0.15, -0.1) is 5.10 Å². The van der Waals surface area contributed by atoms with Crippen molar-refractivity contribution in [1.82, 2.24) is 25.0 Å². The van der Waals surface area contributed by atoms with E-state index < -0.39 is 0 Å². The summed E-state index contributed by atoms with van der Waals surface area (Å²) in [5, 5.41) is 12.1. The van der Waals surface area contributed by atoms with E-state index in [2.05, 4.69) is 25.6 Å². The third kappa shape index (κ3) is 2.18. The quantitative estimate of drug-likeness (QED) is 0.802. The predicted octanol–water partition coefficient (Wildman–Crippen LogP) is 2.95. The van der Waals surface area contributed by atoms with E-state index in [9.17, 15) is 0 Å². The molecule has 0 unspecified atom stereocenters. The largest absolute Gasteiger partial charge is 0.338 e. The molecule has 1 aromatic carbocycles. The zero-order valence-corrected chi connectivity index (χ0v) is 11.9. The van der Waals surface area contributed by atoms with Crippen molar-refractivity contribution >= 4 is 34.3 Å². The average Bonchev–Trinajstić information content (AvgIpc) is 2.87. The highest BCUT2D eigenvalue weighted by Gasteiger charge is 2.11. The van der Waals surface area contributed by atoms with Gasteiger partial charge in [0.2, 0.25) is 0 Å². The van der Waals surface area contributed by atoms with Crippen molar-refractivity contribution in [2.45, 2.75) is 20.4 Å². The predicted molar refractivity (Wildman–Crippen MR) is 78.3 cm³/mol. The molecule has 0 aliphatic carbocycles. The zero-order valence-electron chi connectivity index (χ0n) is 11.1. The summed E-state index contributed by atoms with van der Waals surface area (Å²) in [6.07, 6.45) is 1.50. The third-order valence-corrected chi connectivity index (χ3v) is 3.44. The molecule has 0 amide bonds. The summed E-state index contributed by atoms with van der Waals surface area (Å²) < 4.78 is 1.73. The summed E-state index contributed by atoms with van der Waals surface area (Å²) >= 11 is 6.12. The molecule has 2 heterocycles. The smallest absolute Gasteiger partial charge is 0.183 e. The number of fused-ring (bicyclic) bond motifs is 1. The fourth-order valence-corrected chi connectivity index (χ4v) is 2.08. The Morgan fingerprint density at radius 1 is 1.30 bits per heavy atom. The summed E-state index contributed by atoms with van der Waals surface area (Å²) in [4.78, 5) is 8.43. The summed E-state index contributed by atoms with van der Waals surface area (Å²) in [7, 11) is 0. The maximum absolute atomic E-state index is 6.12. The number of nitrogens with one attached hydrogen (secondary N) is 1. The minimum Gasteiger partial charge on any atom is -0.338 e. The number of benzene rings is 1. The number of anilines is 2. The highest BCUT2D eigenvalue weighted by Crippen LogP contribution is 2.24. The number of hydrogen-bond acceptors (Lipinski definition) is 5. The van der Waals surface area contributed by atoms with Crippen molar-refractivity contribution in [3.63, 3.8) is 0 Å². The molecule has 0 aliphatic heterocycles. The summed E-state index contributed by atoms with van der Waals surface area (Å²) in [6, 6.07) is 5.75. The van der Waals surface area contributed by atoms with Crippen molar-refractivity contribution in [1.29, 1.82) is 0 Å². The Hall–Kier alpha value is -2.21. The van der Waals surface area contributed by atoms with Crippen LogP contribution in [-0.2, 0) is 6.54 Å². The van der Waals surface area contributed by atoms with Crippen molar-refractivity contribution in [2.75, 3.05) is 5.32 Å². The molecule has 0 saturated carbocycles.